The molecule has 2 aliphatic rings. The van der Waals surface area contributed by atoms with Crippen molar-refractivity contribution in [3.63, 3.8) is 0 Å². The van der Waals surface area contributed by atoms with Crippen molar-refractivity contribution in [3.05, 3.63) is 60.3 Å². The van der Waals surface area contributed by atoms with Gasteiger partial charge in [-0.15, -0.1) is 0 Å². The van der Waals surface area contributed by atoms with Crippen LogP contribution in [0, 0.1) is 29.6 Å². The van der Waals surface area contributed by atoms with Crippen molar-refractivity contribution < 1.29 is 84.8 Å². The van der Waals surface area contributed by atoms with Gasteiger partial charge < -0.3 is 81.8 Å². The van der Waals surface area contributed by atoms with E-state index in [0.717, 1.165) is 32.1 Å². The standard InChI is InChI=1S/C54H91N3O17/c1-32-16-12-13-20-49(68)73-51(35(4)17-11-9-7-8-10-14-23-57-53(55)56)36(5)19-15-18-33(2)43(61)26-39(59)24-38(58)25-40(72-50(69)30-48(66)67)27-41-28-46(64)52(70)54(71,74-41)31-47(65)34(3)21-22-42(60)37(6)45(63)29-44(32)62/h7-8,12-13,15-16,18-20,32,34-47,51-52,58-65,70-71H,9-11,14,17,21-31H2,1-6H3,(H,66,67)(H4,55,56,57)/b8-7+,16-12-,19-15-,20-13-,33-18-. The molecule has 1 saturated heterocycles. The van der Waals surface area contributed by atoms with Crippen LogP contribution in [0.1, 0.15) is 138 Å². The highest BCUT2D eigenvalue weighted by atomic mass is 16.7. The zero-order chi connectivity index (χ0) is 55.7. The van der Waals surface area contributed by atoms with Gasteiger partial charge in [-0.1, -0.05) is 83.2 Å². The molecule has 18 atom stereocenters. The summed E-state index contributed by atoms with van der Waals surface area (Å²) in [6.07, 6.45) is 1.87. The van der Waals surface area contributed by atoms with Crippen molar-refractivity contribution in [3.8, 4) is 0 Å². The number of carbonyl (C=O) groups excluding carboxylic acids is 2. The Kier molecular flexibility index (Phi) is 30.2. The molecule has 0 aromatic carbocycles. The molecule has 0 amide bonds. The van der Waals surface area contributed by atoms with E-state index in [1.165, 1.54) is 12.2 Å². The summed E-state index contributed by atoms with van der Waals surface area (Å²) in [6.45, 7) is 11.1. The molecule has 2 heterocycles. The molecule has 0 aliphatic carbocycles. The maximum atomic E-state index is 13.2. The minimum atomic E-state index is -2.52. The number of carbonyl (C=O) groups is 3. The van der Waals surface area contributed by atoms with Gasteiger partial charge in [0.2, 0.25) is 0 Å². The maximum Gasteiger partial charge on any atom is 0.331 e. The second kappa shape index (κ2) is 33.9. The van der Waals surface area contributed by atoms with Crippen molar-refractivity contribution in [2.45, 2.75) is 217 Å². The number of aliphatic hydroxyl groups is 10. The van der Waals surface area contributed by atoms with E-state index in [1.807, 2.05) is 19.9 Å². The van der Waals surface area contributed by atoms with Crippen LogP contribution in [0.4, 0.5) is 0 Å². The zero-order valence-electron chi connectivity index (χ0n) is 44.3. The summed E-state index contributed by atoms with van der Waals surface area (Å²) in [6, 6.07) is 0. The Morgan fingerprint density at radius 1 is 0.797 bits per heavy atom. The quantitative estimate of drug-likeness (QED) is 0.0334. The van der Waals surface area contributed by atoms with Crippen molar-refractivity contribution in [2.75, 3.05) is 6.54 Å². The highest BCUT2D eigenvalue weighted by Crippen LogP contribution is 2.36. The van der Waals surface area contributed by atoms with Crippen LogP contribution >= 0.6 is 0 Å². The first-order valence-corrected chi connectivity index (χ1v) is 26.3. The Balaban J connectivity index is 2.41. The number of cyclic esters (lactones) is 1. The first kappa shape index (κ1) is 66.1. The van der Waals surface area contributed by atoms with Gasteiger partial charge in [0.05, 0.1) is 54.9 Å². The fourth-order valence-electron chi connectivity index (χ4n) is 9.23. The summed E-state index contributed by atoms with van der Waals surface area (Å²) < 4.78 is 17.3. The third-order valence-electron chi connectivity index (χ3n) is 14.2. The summed E-state index contributed by atoms with van der Waals surface area (Å²) in [5.74, 6) is -7.80. The van der Waals surface area contributed by atoms with Crippen LogP contribution in [0.15, 0.2) is 65.2 Å². The molecule has 2 aliphatic heterocycles. The van der Waals surface area contributed by atoms with Gasteiger partial charge in [-0.05, 0) is 75.7 Å². The Bertz CT molecular complexity index is 1860. The number of nitrogens with zero attached hydrogens (tertiary/aromatic N) is 1. The molecule has 0 spiro atoms. The smallest absolute Gasteiger partial charge is 0.331 e. The van der Waals surface area contributed by atoms with Crippen LogP contribution in [0.2, 0.25) is 0 Å². The summed E-state index contributed by atoms with van der Waals surface area (Å²) in [4.78, 5) is 41.1. The van der Waals surface area contributed by atoms with Gasteiger partial charge in [0.25, 0.3) is 0 Å². The van der Waals surface area contributed by atoms with Gasteiger partial charge in [-0.3, -0.25) is 14.6 Å². The van der Waals surface area contributed by atoms with Crippen LogP contribution in [-0.2, 0) is 28.6 Å². The average molecular weight is 1050 g/mol. The average Bonchev–Trinajstić information content (AvgIpc) is 3.30. The predicted molar refractivity (Wildman–Crippen MR) is 277 cm³/mol. The van der Waals surface area contributed by atoms with E-state index in [-0.39, 0.29) is 69.2 Å². The number of ether oxygens (including phenoxy) is 3. The number of aliphatic imine (C=N–C) groups is 1. The van der Waals surface area contributed by atoms with Crippen LogP contribution in [-0.4, -0.2) is 166 Å². The van der Waals surface area contributed by atoms with E-state index >= 15 is 0 Å². The molecule has 20 heteroatoms. The number of allylic oxidation sites excluding steroid dienone is 6. The largest absolute Gasteiger partial charge is 0.481 e. The first-order valence-electron chi connectivity index (χ1n) is 26.3. The lowest BCUT2D eigenvalue weighted by atomic mass is 9.84. The normalized spacial score (nSPS) is 37.9. The molecule has 0 saturated carbocycles. The second-order valence-corrected chi connectivity index (χ2v) is 20.9. The Morgan fingerprint density at radius 2 is 1.45 bits per heavy atom. The van der Waals surface area contributed by atoms with Crippen molar-refractivity contribution in [2.24, 2.45) is 46.0 Å². The fourth-order valence-corrected chi connectivity index (χ4v) is 9.23. The highest BCUT2D eigenvalue weighted by Gasteiger charge is 2.50. The molecule has 424 valence electrons. The van der Waals surface area contributed by atoms with Crippen molar-refractivity contribution in [1.29, 1.82) is 0 Å². The second-order valence-electron chi connectivity index (χ2n) is 20.9. The van der Waals surface area contributed by atoms with Crippen LogP contribution in [0.3, 0.4) is 0 Å². The molecular weight excluding hydrogens is 963 g/mol. The molecule has 0 aromatic rings. The lowest BCUT2D eigenvalue weighted by molar-refractivity contribution is -0.333. The van der Waals surface area contributed by atoms with Gasteiger partial charge in [0, 0.05) is 68.9 Å². The van der Waals surface area contributed by atoms with Gasteiger partial charge in [-0.2, -0.15) is 0 Å². The summed E-state index contributed by atoms with van der Waals surface area (Å²) in [5.41, 5.74) is 11.3. The number of carboxylic acid groups (broad SMARTS) is 1. The van der Waals surface area contributed by atoms with E-state index in [0.29, 0.717) is 12.1 Å². The molecule has 2 bridgehead atoms. The number of fused-ring (bicyclic) bond motifs is 2. The number of hydrogen-bond donors (Lipinski definition) is 13. The molecule has 18 unspecified atom stereocenters. The van der Waals surface area contributed by atoms with Crippen molar-refractivity contribution in [1.82, 2.24) is 0 Å². The fraction of sp³-hybridized carbons (Fsp3) is 0.741. The van der Waals surface area contributed by atoms with Gasteiger partial charge in [0.15, 0.2) is 11.7 Å². The molecule has 20 nitrogen and oxygen atoms in total. The molecule has 1 fully saturated rings. The Hall–Kier alpha value is -4.06. The monoisotopic (exact) mass is 1050 g/mol. The lowest BCUT2D eigenvalue weighted by Crippen LogP contribution is -2.60. The number of unbranched alkanes of at least 4 members (excludes halogenated alkanes) is 2. The van der Waals surface area contributed by atoms with Crippen molar-refractivity contribution >= 4 is 23.9 Å². The van der Waals surface area contributed by atoms with E-state index in [4.69, 9.17) is 25.7 Å². The number of aliphatic hydroxyl groups excluding tert-OH is 9. The lowest BCUT2D eigenvalue weighted by Gasteiger charge is -2.45. The van der Waals surface area contributed by atoms with Gasteiger partial charge >= 0.3 is 17.9 Å². The van der Waals surface area contributed by atoms with E-state index in [9.17, 15) is 70.6 Å². The van der Waals surface area contributed by atoms with Crippen LogP contribution in [0.25, 0.3) is 0 Å². The number of guanidine groups is 1. The summed E-state index contributed by atoms with van der Waals surface area (Å²) >= 11 is 0. The topological polar surface area (TPSA) is 366 Å². The maximum absolute atomic E-state index is 13.2. The third kappa shape index (κ3) is 25.2. The number of nitrogens with two attached hydrogens (primary N) is 2. The number of esters is 2. The molecular formula is C54H91N3O17. The van der Waals surface area contributed by atoms with Crippen LogP contribution in [0.5, 0.6) is 0 Å². The van der Waals surface area contributed by atoms with Gasteiger partial charge in [0.1, 0.15) is 24.7 Å². The van der Waals surface area contributed by atoms with Gasteiger partial charge in [-0.25, -0.2) is 4.79 Å². The number of aliphatic carboxylic acids is 1. The highest BCUT2D eigenvalue weighted by molar-refractivity contribution is 5.90. The zero-order valence-corrected chi connectivity index (χ0v) is 44.3. The molecule has 0 aromatic heterocycles. The first-order chi connectivity index (χ1) is 34.7. The van der Waals surface area contributed by atoms with E-state index in [1.54, 1.807) is 52.0 Å². The Labute approximate surface area is 437 Å². The predicted octanol–water partition coefficient (Wildman–Crippen LogP) is 2.72. The summed E-state index contributed by atoms with van der Waals surface area (Å²) in [5, 5.41) is 120. The molecule has 2 rings (SSSR count). The van der Waals surface area contributed by atoms with E-state index in [2.05, 4.69) is 17.1 Å². The van der Waals surface area contributed by atoms with E-state index < -0.39 is 128 Å². The van der Waals surface area contributed by atoms with Crippen LogP contribution < -0.4 is 11.5 Å². The minimum Gasteiger partial charge on any atom is -0.481 e. The number of rotatable bonds is 12. The number of hydrogen-bond acceptors (Lipinski definition) is 17. The molecule has 15 N–H and O–H groups in total. The number of carboxylic acids is 1. The summed E-state index contributed by atoms with van der Waals surface area (Å²) in [7, 11) is 0. The molecule has 0 radical (unpaired) electrons. The SMILES string of the molecule is C/C1=C/C=C\C(C)C(C(C)CCC/C=C/CCCN=C(N)N)OC(=O)/C=C\C=C/C(C)C(O)CC(O)C(C)C(O)CCC(C)C(O)CC2(O)OC(CC(OC(=O)CC(=O)O)CC(O)CC(O)CC1O)CC(O)C2O. The minimum absolute atomic E-state index is 0.0617. The third-order valence-corrected chi connectivity index (χ3v) is 14.2. The Morgan fingerprint density at radius 3 is 2.11 bits per heavy atom. The molecule has 74 heavy (non-hydrogen) atoms.